The molecule has 0 amide bonds. The number of ether oxygens (including phenoxy) is 2. The third-order valence-corrected chi connectivity index (χ3v) is 5.82. The number of fused-ring (bicyclic) bond motifs is 3. The first-order valence-electron chi connectivity index (χ1n) is 9.99. The summed E-state index contributed by atoms with van der Waals surface area (Å²) in [5.74, 6) is 3.56. The Morgan fingerprint density at radius 3 is 2.50 bits per heavy atom. The maximum Gasteiger partial charge on any atom is 0.127 e. The predicted molar refractivity (Wildman–Crippen MR) is 118 cm³/mol. The molecule has 2 aliphatic rings. The topological polar surface area (TPSA) is 45.5 Å². The van der Waals surface area contributed by atoms with E-state index in [0.717, 1.165) is 43.5 Å². The largest absolute Gasteiger partial charge is 0.493 e. The van der Waals surface area contributed by atoms with Crippen molar-refractivity contribution < 1.29 is 9.47 Å². The number of nitrogens with zero attached hydrogens (tertiary/aromatic N) is 2. The fourth-order valence-corrected chi connectivity index (χ4v) is 4.39. The molecular weight excluding hydrogens is 396 g/mol. The number of para-hydroxylation sites is 1. The van der Waals surface area contributed by atoms with Gasteiger partial charge in [0.25, 0.3) is 0 Å². The predicted octanol–water partition coefficient (Wildman–Crippen LogP) is 5.38. The minimum absolute atomic E-state index is 0. The molecule has 2 heterocycles. The first-order chi connectivity index (χ1) is 14.3. The lowest BCUT2D eigenvalue weighted by atomic mass is 9.86. The Labute approximate surface area is 183 Å². The van der Waals surface area contributed by atoms with Crippen LogP contribution in [0.25, 0.3) is 0 Å². The average molecular weight is 419 g/mol. The maximum atomic E-state index is 9.23. The molecule has 1 saturated heterocycles. The zero-order chi connectivity index (χ0) is 19.6. The lowest BCUT2D eigenvalue weighted by molar-refractivity contribution is 0.212. The highest BCUT2D eigenvalue weighted by molar-refractivity contribution is 5.85. The Morgan fingerprint density at radius 2 is 1.73 bits per heavy atom. The summed E-state index contributed by atoms with van der Waals surface area (Å²) in [5, 5.41) is 9.23. The molecule has 152 valence electrons. The number of hydrogen-bond acceptors (Lipinski definition) is 4. The molecule has 0 aromatic heterocycles. The molecular formula is C25H23ClN2O2. The molecule has 2 aliphatic heterocycles. The Hall–Kier alpha value is -3.00. The molecule has 30 heavy (non-hydrogen) atoms. The third-order valence-electron chi connectivity index (χ3n) is 5.82. The minimum atomic E-state index is 0. The fraction of sp³-hybridized carbons (Fsp3) is 0.240. The quantitative estimate of drug-likeness (QED) is 0.570. The third kappa shape index (κ3) is 4.14. The van der Waals surface area contributed by atoms with Gasteiger partial charge in [-0.1, -0.05) is 30.3 Å². The molecule has 4 nitrogen and oxygen atoms in total. The van der Waals surface area contributed by atoms with Crippen LogP contribution >= 0.6 is 12.4 Å². The van der Waals surface area contributed by atoms with Crippen molar-refractivity contribution in [2.75, 3.05) is 19.7 Å². The van der Waals surface area contributed by atoms with Gasteiger partial charge in [0, 0.05) is 37.0 Å². The van der Waals surface area contributed by atoms with Gasteiger partial charge in [0.05, 0.1) is 18.2 Å². The van der Waals surface area contributed by atoms with Crippen LogP contribution in [-0.4, -0.2) is 24.6 Å². The summed E-state index contributed by atoms with van der Waals surface area (Å²) in [6.07, 6.45) is 0. The van der Waals surface area contributed by atoms with Crippen LogP contribution in [0.5, 0.6) is 17.2 Å². The van der Waals surface area contributed by atoms with Crippen LogP contribution in [0.2, 0.25) is 0 Å². The summed E-state index contributed by atoms with van der Waals surface area (Å²) in [4.78, 5) is 2.49. The van der Waals surface area contributed by atoms with E-state index in [0.29, 0.717) is 17.4 Å². The zero-order valence-corrected chi connectivity index (χ0v) is 17.3. The van der Waals surface area contributed by atoms with Crippen molar-refractivity contribution >= 4 is 12.4 Å². The zero-order valence-electron chi connectivity index (χ0n) is 16.5. The second-order valence-corrected chi connectivity index (χ2v) is 7.80. The number of hydrogen-bond donors (Lipinski definition) is 0. The maximum absolute atomic E-state index is 9.23. The second kappa shape index (κ2) is 8.79. The molecule has 5 heteroatoms. The van der Waals surface area contributed by atoms with Crippen molar-refractivity contribution in [3.8, 4) is 23.3 Å². The van der Waals surface area contributed by atoms with Gasteiger partial charge >= 0.3 is 0 Å². The van der Waals surface area contributed by atoms with Gasteiger partial charge in [-0.3, -0.25) is 4.90 Å². The average Bonchev–Trinajstić information content (AvgIpc) is 3.18. The highest BCUT2D eigenvalue weighted by Crippen LogP contribution is 2.42. The van der Waals surface area contributed by atoms with Crippen molar-refractivity contribution in [2.24, 2.45) is 5.92 Å². The van der Waals surface area contributed by atoms with E-state index in [-0.39, 0.29) is 12.4 Å². The van der Waals surface area contributed by atoms with Crippen molar-refractivity contribution in [3.05, 3.63) is 89.5 Å². The monoisotopic (exact) mass is 418 g/mol. The van der Waals surface area contributed by atoms with Crippen LogP contribution in [-0.2, 0) is 6.54 Å². The van der Waals surface area contributed by atoms with Gasteiger partial charge in [-0.15, -0.1) is 12.4 Å². The lowest BCUT2D eigenvalue weighted by Gasteiger charge is -2.27. The van der Waals surface area contributed by atoms with Crippen LogP contribution in [0.15, 0.2) is 72.8 Å². The molecule has 0 saturated carbocycles. The van der Waals surface area contributed by atoms with Crippen LogP contribution < -0.4 is 9.47 Å². The first kappa shape index (κ1) is 20.3. The van der Waals surface area contributed by atoms with E-state index in [1.807, 2.05) is 60.7 Å². The van der Waals surface area contributed by atoms with Gasteiger partial charge in [-0.05, 0) is 48.0 Å². The summed E-state index contributed by atoms with van der Waals surface area (Å²) < 4.78 is 11.8. The number of rotatable bonds is 4. The standard InChI is InChI=1S/C25H22N2O2.ClH/c26-13-19-8-11-25-23(12-19)24-16-27(15-20(24)17-28-25)14-18-6-9-22(10-7-18)29-21-4-2-1-3-5-21;/h1-12,20,24H,14-17H2;1H/t20-,24+;/m1./s1. The molecule has 3 aromatic rings. The molecule has 0 spiro atoms. The summed E-state index contributed by atoms with van der Waals surface area (Å²) in [7, 11) is 0. The second-order valence-electron chi connectivity index (χ2n) is 7.80. The van der Waals surface area contributed by atoms with Gasteiger partial charge in [0.2, 0.25) is 0 Å². The molecule has 5 rings (SSSR count). The molecule has 0 radical (unpaired) electrons. The molecule has 1 fully saturated rings. The van der Waals surface area contributed by atoms with Crippen molar-refractivity contribution in [1.82, 2.24) is 4.90 Å². The summed E-state index contributed by atoms with van der Waals surface area (Å²) >= 11 is 0. The van der Waals surface area contributed by atoms with Gasteiger partial charge in [-0.25, -0.2) is 0 Å². The number of likely N-dealkylation sites (tertiary alicyclic amines) is 1. The summed E-state index contributed by atoms with van der Waals surface area (Å²) in [6, 6.07) is 26.2. The SMILES string of the molecule is Cl.N#Cc1ccc2c(c1)[C@H]1CN(Cc3ccc(Oc4ccccc4)cc3)C[C@@H]1CO2. The normalized spacial score (nSPS) is 19.6. The van der Waals surface area contributed by atoms with E-state index >= 15 is 0 Å². The lowest BCUT2D eigenvalue weighted by Crippen LogP contribution is -2.25. The van der Waals surface area contributed by atoms with Gasteiger partial charge in [0.15, 0.2) is 0 Å². The summed E-state index contributed by atoms with van der Waals surface area (Å²) in [5.41, 5.74) is 3.17. The minimum Gasteiger partial charge on any atom is -0.493 e. The molecule has 0 aliphatic carbocycles. The van der Waals surface area contributed by atoms with Crippen molar-refractivity contribution in [1.29, 1.82) is 5.26 Å². The Kier molecular flexibility index (Phi) is 5.94. The van der Waals surface area contributed by atoms with Crippen LogP contribution in [0.4, 0.5) is 0 Å². The molecule has 0 bridgehead atoms. The van der Waals surface area contributed by atoms with E-state index in [1.165, 1.54) is 11.1 Å². The number of nitriles is 1. The van der Waals surface area contributed by atoms with Gasteiger partial charge in [0.1, 0.15) is 17.2 Å². The Bertz CT molecular complexity index is 1050. The Morgan fingerprint density at radius 1 is 0.967 bits per heavy atom. The molecule has 0 N–H and O–H groups in total. The van der Waals surface area contributed by atoms with Crippen molar-refractivity contribution in [2.45, 2.75) is 12.5 Å². The smallest absolute Gasteiger partial charge is 0.127 e. The molecule has 2 atom stereocenters. The molecule has 0 unspecified atom stereocenters. The highest BCUT2D eigenvalue weighted by atomic mass is 35.5. The molecule has 3 aromatic carbocycles. The van der Waals surface area contributed by atoms with E-state index in [9.17, 15) is 5.26 Å². The van der Waals surface area contributed by atoms with Crippen LogP contribution in [0.1, 0.15) is 22.6 Å². The highest BCUT2D eigenvalue weighted by Gasteiger charge is 2.38. The fourth-order valence-electron chi connectivity index (χ4n) is 4.39. The summed E-state index contributed by atoms with van der Waals surface area (Å²) in [6.45, 7) is 3.68. The van der Waals surface area contributed by atoms with Crippen molar-refractivity contribution in [3.63, 3.8) is 0 Å². The van der Waals surface area contributed by atoms with Crippen LogP contribution in [0, 0.1) is 17.2 Å². The van der Waals surface area contributed by atoms with Crippen LogP contribution in [0.3, 0.4) is 0 Å². The van der Waals surface area contributed by atoms with Gasteiger partial charge in [-0.2, -0.15) is 5.26 Å². The van der Waals surface area contributed by atoms with E-state index in [1.54, 1.807) is 0 Å². The Balaban J connectivity index is 0.00000218. The van der Waals surface area contributed by atoms with E-state index in [2.05, 4.69) is 23.1 Å². The number of halogens is 1. The van der Waals surface area contributed by atoms with E-state index in [4.69, 9.17) is 9.47 Å². The van der Waals surface area contributed by atoms with E-state index < -0.39 is 0 Å². The van der Waals surface area contributed by atoms with Gasteiger partial charge < -0.3 is 9.47 Å². The first-order valence-corrected chi connectivity index (χ1v) is 9.99. The number of benzene rings is 3.